The van der Waals surface area contributed by atoms with Crippen LogP contribution in [0.15, 0.2) is 35.3 Å². The molecule has 86 valence electrons. The van der Waals surface area contributed by atoms with Crippen LogP contribution in [-0.4, -0.2) is 12.5 Å². The van der Waals surface area contributed by atoms with E-state index in [1.807, 2.05) is 18.2 Å². The van der Waals surface area contributed by atoms with Crippen LogP contribution in [-0.2, 0) is 4.74 Å². The summed E-state index contributed by atoms with van der Waals surface area (Å²) in [6.45, 7) is 7.30. The second kappa shape index (κ2) is 4.28. The monoisotopic (exact) mass is 217 g/mol. The molecule has 1 atom stereocenters. The van der Waals surface area contributed by atoms with E-state index in [9.17, 15) is 0 Å². The predicted molar refractivity (Wildman–Crippen MR) is 66.6 cm³/mol. The lowest BCUT2D eigenvalue weighted by Gasteiger charge is -2.16. The van der Waals surface area contributed by atoms with Gasteiger partial charge in [0, 0.05) is 6.42 Å². The number of ether oxygens (including phenoxy) is 1. The smallest absolute Gasteiger partial charge is 0.184 e. The van der Waals surface area contributed by atoms with Gasteiger partial charge in [0.2, 0.25) is 0 Å². The van der Waals surface area contributed by atoms with E-state index in [1.54, 1.807) is 0 Å². The quantitative estimate of drug-likeness (QED) is 0.741. The summed E-state index contributed by atoms with van der Waals surface area (Å²) in [4.78, 5) is 4.64. The van der Waals surface area contributed by atoms with Crippen molar-refractivity contribution in [1.29, 1.82) is 0 Å². The van der Waals surface area contributed by atoms with Crippen LogP contribution in [0.1, 0.15) is 38.8 Å². The average Bonchev–Trinajstić information content (AvgIpc) is 2.65. The van der Waals surface area contributed by atoms with Crippen LogP contribution < -0.4 is 0 Å². The molecule has 0 aliphatic carbocycles. The highest BCUT2D eigenvalue weighted by molar-refractivity contribution is 5.78. The fraction of sp³-hybridized carbons (Fsp3) is 0.500. The second-order valence-corrected chi connectivity index (χ2v) is 5.50. The molecular formula is C14H19NO. The fourth-order valence-corrected chi connectivity index (χ4v) is 1.82. The maximum absolute atomic E-state index is 5.65. The van der Waals surface area contributed by atoms with Crippen molar-refractivity contribution in [2.75, 3.05) is 6.61 Å². The van der Waals surface area contributed by atoms with Crippen molar-refractivity contribution in [1.82, 2.24) is 0 Å². The standard InChI is InChI=1S/C14H19NO/c1-14(2,3)9-13-15-12(10-16-13)11-7-5-4-6-8-11/h4-8,12H,9-10H2,1-3H3/t12-/m0/s1. The number of rotatable bonds is 2. The Hall–Kier alpha value is -1.31. The molecular weight excluding hydrogens is 198 g/mol. The summed E-state index contributed by atoms with van der Waals surface area (Å²) in [6.07, 6.45) is 0.913. The summed E-state index contributed by atoms with van der Waals surface area (Å²) in [5.74, 6) is 0.904. The minimum absolute atomic E-state index is 0.193. The molecule has 2 heteroatoms. The van der Waals surface area contributed by atoms with Crippen LogP contribution in [0.4, 0.5) is 0 Å². The highest BCUT2D eigenvalue weighted by atomic mass is 16.5. The maximum atomic E-state index is 5.65. The fourth-order valence-electron chi connectivity index (χ4n) is 1.82. The number of hydrogen-bond acceptors (Lipinski definition) is 2. The van der Waals surface area contributed by atoms with Crippen molar-refractivity contribution in [2.24, 2.45) is 10.4 Å². The van der Waals surface area contributed by atoms with Gasteiger partial charge in [-0.05, 0) is 11.0 Å². The highest BCUT2D eigenvalue weighted by Crippen LogP contribution is 2.27. The van der Waals surface area contributed by atoms with Crippen molar-refractivity contribution in [3.05, 3.63) is 35.9 Å². The number of hydrogen-bond donors (Lipinski definition) is 0. The zero-order valence-corrected chi connectivity index (χ0v) is 10.2. The van der Waals surface area contributed by atoms with E-state index < -0.39 is 0 Å². The molecule has 0 N–H and O–H groups in total. The van der Waals surface area contributed by atoms with Gasteiger partial charge < -0.3 is 4.74 Å². The minimum atomic E-state index is 0.193. The molecule has 2 nitrogen and oxygen atoms in total. The lowest BCUT2D eigenvalue weighted by Crippen LogP contribution is -2.12. The molecule has 0 aromatic heterocycles. The van der Waals surface area contributed by atoms with Gasteiger partial charge in [0.15, 0.2) is 5.90 Å². The first-order valence-electron chi connectivity index (χ1n) is 5.79. The first-order valence-corrected chi connectivity index (χ1v) is 5.79. The Morgan fingerprint density at radius 1 is 1.25 bits per heavy atom. The van der Waals surface area contributed by atoms with E-state index in [-0.39, 0.29) is 11.5 Å². The Labute approximate surface area is 97.4 Å². The number of aliphatic imine (C=N–C) groups is 1. The average molecular weight is 217 g/mol. The molecule has 16 heavy (non-hydrogen) atoms. The van der Waals surface area contributed by atoms with Gasteiger partial charge in [0.1, 0.15) is 12.6 Å². The van der Waals surface area contributed by atoms with Crippen molar-refractivity contribution in [3.63, 3.8) is 0 Å². The summed E-state index contributed by atoms with van der Waals surface area (Å²) >= 11 is 0. The summed E-state index contributed by atoms with van der Waals surface area (Å²) in [5.41, 5.74) is 1.48. The van der Waals surface area contributed by atoms with E-state index in [2.05, 4.69) is 37.9 Å². The number of nitrogens with zero attached hydrogens (tertiary/aromatic N) is 1. The Kier molecular flexibility index (Phi) is 2.99. The molecule has 1 heterocycles. The predicted octanol–water partition coefficient (Wildman–Crippen LogP) is 3.59. The zero-order chi connectivity index (χ0) is 11.6. The van der Waals surface area contributed by atoms with Gasteiger partial charge in [-0.1, -0.05) is 51.1 Å². The Morgan fingerprint density at radius 3 is 2.56 bits per heavy atom. The third-order valence-electron chi connectivity index (χ3n) is 2.57. The highest BCUT2D eigenvalue weighted by Gasteiger charge is 2.24. The molecule has 1 aliphatic rings. The topological polar surface area (TPSA) is 21.6 Å². The summed E-state index contributed by atoms with van der Waals surface area (Å²) in [7, 11) is 0. The molecule has 1 aromatic carbocycles. The van der Waals surface area contributed by atoms with Crippen molar-refractivity contribution in [3.8, 4) is 0 Å². The van der Waals surface area contributed by atoms with E-state index in [4.69, 9.17) is 4.74 Å². The van der Waals surface area contributed by atoms with Crippen molar-refractivity contribution in [2.45, 2.75) is 33.2 Å². The summed E-state index contributed by atoms with van der Waals surface area (Å²) in [5, 5.41) is 0. The van der Waals surface area contributed by atoms with Crippen LogP contribution in [0, 0.1) is 5.41 Å². The van der Waals surface area contributed by atoms with Crippen molar-refractivity contribution < 1.29 is 4.74 Å². The molecule has 2 rings (SSSR count). The van der Waals surface area contributed by atoms with Crippen LogP contribution in [0.3, 0.4) is 0 Å². The SMILES string of the molecule is CC(C)(C)CC1=N[C@H](c2ccccc2)CO1. The van der Waals surface area contributed by atoms with Gasteiger partial charge in [-0.2, -0.15) is 0 Å². The van der Waals surface area contributed by atoms with Crippen molar-refractivity contribution >= 4 is 5.90 Å². The Bertz CT molecular complexity index is 375. The van der Waals surface area contributed by atoms with Gasteiger partial charge in [0.05, 0.1) is 0 Å². The van der Waals surface area contributed by atoms with Crippen LogP contribution >= 0.6 is 0 Å². The molecule has 1 aliphatic heterocycles. The Morgan fingerprint density at radius 2 is 1.94 bits per heavy atom. The molecule has 0 fully saturated rings. The van der Waals surface area contributed by atoms with Gasteiger partial charge in [-0.3, -0.25) is 0 Å². The third kappa shape index (κ3) is 2.84. The number of benzene rings is 1. The minimum Gasteiger partial charge on any atom is -0.478 e. The lowest BCUT2D eigenvalue weighted by atomic mass is 9.92. The first kappa shape index (κ1) is 11.2. The molecule has 0 bridgehead atoms. The molecule has 1 aromatic rings. The van der Waals surface area contributed by atoms with Gasteiger partial charge in [-0.15, -0.1) is 0 Å². The summed E-state index contributed by atoms with van der Waals surface area (Å²) in [6, 6.07) is 10.5. The van der Waals surface area contributed by atoms with Gasteiger partial charge in [-0.25, -0.2) is 4.99 Å². The maximum Gasteiger partial charge on any atom is 0.184 e. The third-order valence-corrected chi connectivity index (χ3v) is 2.57. The van der Waals surface area contributed by atoms with Gasteiger partial charge in [0.25, 0.3) is 0 Å². The second-order valence-electron chi connectivity index (χ2n) is 5.50. The Balaban J connectivity index is 2.07. The normalized spacial score (nSPS) is 20.4. The summed E-state index contributed by atoms with van der Waals surface area (Å²) < 4.78 is 5.65. The molecule has 0 amide bonds. The van der Waals surface area contributed by atoms with E-state index in [1.165, 1.54) is 5.56 Å². The van der Waals surface area contributed by atoms with E-state index in [0.29, 0.717) is 6.61 Å². The first-order chi connectivity index (χ1) is 7.54. The van der Waals surface area contributed by atoms with E-state index >= 15 is 0 Å². The zero-order valence-electron chi connectivity index (χ0n) is 10.2. The molecule has 0 unspecified atom stereocenters. The van der Waals surface area contributed by atoms with Crippen LogP contribution in [0.2, 0.25) is 0 Å². The van der Waals surface area contributed by atoms with E-state index in [0.717, 1.165) is 12.3 Å². The molecule has 0 spiro atoms. The molecule has 0 saturated carbocycles. The lowest BCUT2D eigenvalue weighted by molar-refractivity contribution is 0.293. The van der Waals surface area contributed by atoms with Crippen LogP contribution in [0.5, 0.6) is 0 Å². The van der Waals surface area contributed by atoms with Crippen LogP contribution in [0.25, 0.3) is 0 Å². The molecule has 0 saturated heterocycles. The van der Waals surface area contributed by atoms with Gasteiger partial charge >= 0.3 is 0 Å². The molecule has 0 radical (unpaired) electrons. The largest absolute Gasteiger partial charge is 0.478 e.